The van der Waals surface area contributed by atoms with E-state index in [9.17, 15) is 14.4 Å². The van der Waals surface area contributed by atoms with E-state index in [2.05, 4.69) is 10.6 Å². The standard InChI is InChI=1S/C33H38N2O9/c1-22(2)35-33(38)44-28-27(40-20-24-15-9-5-10-16-24)26(21-41-32(37)34-19-23-13-7-4-8-14-23)42-31(39-3)29(28)43-30(36)25-17-11-6-12-18-25/h4-18,22,26-29,31H,19-21H2,1-3H3,(H,34,37)(H,35,38)/t26-,27-,28+,29-,31-/m1/s1. The Morgan fingerprint density at radius 3 is 2.00 bits per heavy atom. The minimum Gasteiger partial charge on any atom is -0.449 e. The molecule has 1 fully saturated rings. The summed E-state index contributed by atoms with van der Waals surface area (Å²) in [5.74, 6) is -0.670. The Bertz CT molecular complexity index is 1320. The largest absolute Gasteiger partial charge is 0.449 e. The van der Waals surface area contributed by atoms with Gasteiger partial charge >= 0.3 is 18.2 Å². The number of rotatable bonds is 12. The van der Waals surface area contributed by atoms with Crippen LogP contribution in [0.4, 0.5) is 9.59 Å². The van der Waals surface area contributed by atoms with Crippen LogP contribution in [0, 0.1) is 0 Å². The van der Waals surface area contributed by atoms with Crippen molar-refractivity contribution in [3.8, 4) is 0 Å². The van der Waals surface area contributed by atoms with E-state index in [0.717, 1.165) is 11.1 Å². The van der Waals surface area contributed by atoms with Crippen molar-refractivity contribution in [1.29, 1.82) is 0 Å². The molecule has 0 spiro atoms. The lowest BCUT2D eigenvalue weighted by Gasteiger charge is -2.44. The third-order valence-electron chi connectivity index (χ3n) is 6.67. The highest BCUT2D eigenvalue weighted by Crippen LogP contribution is 2.30. The Morgan fingerprint density at radius 2 is 1.39 bits per heavy atom. The van der Waals surface area contributed by atoms with Crippen LogP contribution in [0.2, 0.25) is 0 Å². The molecule has 1 saturated heterocycles. The van der Waals surface area contributed by atoms with Gasteiger partial charge in [0.2, 0.25) is 0 Å². The number of carbonyl (C=O) groups excluding carboxylic acids is 3. The zero-order chi connectivity index (χ0) is 31.3. The van der Waals surface area contributed by atoms with Crippen LogP contribution in [0.25, 0.3) is 0 Å². The zero-order valence-corrected chi connectivity index (χ0v) is 24.9. The van der Waals surface area contributed by atoms with Crippen molar-refractivity contribution >= 4 is 18.2 Å². The van der Waals surface area contributed by atoms with Gasteiger partial charge in [-0.05, 0) is 37.1 Å². The summed E-state index contributed by atoms with van der Waals surface area (Å²) in [6, 6.07) is 26.9. The number of ether oxygens (including phenoxy) is 6. The van der Waals surface area contributed by atoms with Crippen molar-refractivity contribution < 1.29 is 42.8 Å². The van der Waals surface area contributed by atoms with Crippen molar-refractivity contribution in [3.05, 3.63) is 108 Å². The highest BCUT2D eigenvalue weighted by atomic mass is 16.7. The maximum absolute atomic E-state index is 13.1. The summed E-state index contributed by atoms with van der Waals surface area (Å²) in [6.07, 6.45) is -7.04. The number of hydrogen-bond donors (Lipinski definition) is 2. The summed E-state index contributed by atoms with van der Waals surface area (Å²) < 4.78 is 35.2. The number of carbonyl (C=O) groups is 3. The lowest BCUT2D eigenvalue weighted by molar-refractivity contribution is -0.300. The van der Waals surface area contributed by atoms with Crippen LogP contribution < -0.4 is 10.6 Å². The number of methoxy groups -OCH3 is 1. The Morgan fingerprint density at radius 1 is 0.773 bits per heavy atom. The SMILES string of the molecule is CO[C@@H]1O[C@H](COC(=O)NCc2ccccc2)[C@@H](OCc2ccccc2)[C@H](OC(=O)NC(C)C)[C@H]1OC(=O)c1ccccc1. The van der Waals surface area contributed by atoms with Gasteiger partial charge in [0.1, 0.15) is 18.8 Å². The second-order valence-corrected chi connectivity index (χ2v) is 10.4. The molecule has 11 heteroatoms. The van der Waals surface area contributed by atoms with Crippen LogP contribution in [-0.4, -0.2) is 68.6 Å². The summed E-state index contributed by atoms with van der Waals surface area (Å²) in [6.45, 7) is 3.66. The molecule has 1 heterocycles. The van der Waals surface area contributed by atoms with Crippen LogP contribution in [-0.2, 0) is 41.6 Å². The monoisotopic (exact) mass is 606 g/mol. The van der Waals surface area contributed by atoms with Crippen LogP contribution in [0.3, 0.4) is 0 Å². The normalized spacial score (nSPS) is 21.2. The second kappa shape index (κ2) is 16.4. The quantitative estimate of drug-likeness (QED) is 0.224. The van der Waals surface area contributed by atoms with Crippen LogP contribution in [0.1, 0.15) is 35.3 Å². The molecule has 3 aromatic rings. The van der Waals surface area contributed by atoms with Gasteiger partial charge in [-0.15, -0.1) is 0 Å². The van der Waals surface area contributed by atoms with E-state index in [0.29, 0.717) is 0 Å². The highest BCUT2D eigenvalue weighted by Gasteiger charge is 2.52. The molecule has 0 bridgehead atoms. The van der Waals surface area contributed by atoms with E-state index in [4.69, 9.17) is 28.4 Å². The first-order valence-electron chi connectivity index (χ1n) is 14.4. The third-order valence-corrected chi connectivity index (χ3v) is 6.67. The average Bonchev–Trinajstić information content (AvgIpc) is 3.04. The molecule has 0 aromatic heterocycles. The maximum Gasteiger partial charge on any atom is 0.407 e. The number of hydrogen-bond acceptors (Lipinski definition) is 9. The summed E-state index contributed by atoms with van der Waals surface area (Å²) >= 11 is 0. The second-order valence-electron chi connectivity index (χ2n) is 10.4. The predicted octanol–water partition coefficient (Wildman–Crippen LogP) is 4.60. The van der Waals surface area contributed by atoms with Crippen molar-refractivity contribution in [2.24, 2.45) is 0 Å². The number of nitrogens with one attached hydrogen (secondary N) is 2. The number of amides is 2. The number of esters is 1. The molecule has 44 heavy (non-hydrogen) atoms. The lowest BCUT2D eigenvalue weighted by atomic mass is 9.98. The van der Waals surface area contributed by atoms with Gasteiger partial charge in [0.05, 0.1) is 12.2 Å². The van der Waals surface area contributed by atoms with E-state index in [1.165, 1.54) is 7.11 Å². The molecule has 3 aromatic carbocycles. The van der Waals surface area contributed by atoms with Crippen molar-refractivity contribution in [3.63, 3.8) is 0 Å². The van der Waals surface area contributed by atoms with Crippen LogP contribution in [0.15, 0.2) is 91.0 Å². The third kappa shape index (κ3) is 9.53. The van der Waals surface area contributed by atoms with Gasteiger partial charge in [0.15, 0.2) is 18.5 Å². The Balaban J connectivity index is 1.58. The minimum atomic E-state index is -1.23. The molecule has 1 aliphatic rings. The molecule has 0 radical (unpaired) electrons. The molecule has 5 atom stereocenters. The Hall–Kier alpha value is -4.45. The first-order chi connectivity index (χ1) is 21.3. The topological polar surface area (TPSA) is 131 Å². The molecule has 0 saturated carbocycles. The molecule has 2 N–H and O–H groups in total. The predicted molar refractivity (Wildman–Crippen MR) is 160 cm³/mol. The van der Waals surface area contributed by atoms with Gasteiger partial charge in [0.25, 0.3) is 0 Å². The summed E-state index contributed by atoms with van der Waals surface area (Å²) in [7, 11) is 1.37. The van der Waals surface area contributed by atoms with E-state index in [1.54, 1.807) is 44.2 Å². The van der Waals surface area contributed by atoms with Crippen molar-refractivity contribution in [2.75, 3.05) is 13.7 Å². The van der Waals surface area contributed by atoms with Crippen molar-refractivity contribution in [1.82, 2.24) is 10.6 Å². The van der Waals surface area contributed by atoms with Gasteiger partial charge in [-0.3, -0.25) is 0 Å². The molecule has 11 nitrogen and oxygen atoms in total. The van der Waals surface area contributed by atoms with Crippen LogP contribution in [0.5, 0.6) is 0 Å². The Kier molecular flexibility index (Phi) is 12.1. The highest BCUT2D eigenvalue weighted by molar-refractivity contribution is 5.89. The first kappa shape index (κ1) is 32.5. The number of benzene rings is 3. The lowest BCUT2D eigenvalue weighted by Crippen LogP contribution is -2.63. The fourth-order valence-corrected chi connectivity index (χ4v) is 4.57. The molecule has 0 unspecified atom stereocenters. The fraction of sp³-hybridized carbons (Fsp3) is 0.364. The smallest absolute Gasteiger partial charge is 0.407 e. The maximum atomic E-state index is 13.1. The van der Waals surface area contributed by atoms with E-state index in [-0.39, 0.29) is 31.4 Å². The van der Waals surface area contributed by atoms with Gasteiger partial charge in [-0.2, -0.15) is 0 Å². The fourth-order valence-electron chi connectivity index (χ4n) is 4.57. The van der Waals surface area contributed by atoms with E-state index in [1.807, 2.05) is 60.7 Å². The molecular weight excluding hydrogens is 568 g/mol. The van der Waals surface area contributed by atoms with Gasteiger partial charge in [-0.25, -0.2) is 14.4 Å². The van der Waals surface area contributed by atoms with Gasteiger partial charge in [0, 0.05) is 19.7 Å². The molecular formula is C33H38N2O9. The van der Waals surface area contributed by atoms with E-state index >= 15 is 0 Å². The summed E-state index contributed by atoms with van der Waals surface area (Å²) in [5, 5.41) is 5.39. The van der Waals surface area contributed by atoms with E-state index < -0.39 is 48.9 Å². The van der Waals surface area contributed by atoms with Gasteiger partial charge < -0.3 is 39.1 Å². The Labute approximate surface area is 256 Å². The molecule has 2 amide bonds. The average molecular weight is 607 g/mol. The van der Waals surface area contributed by atoms with Crippen LogP contribution >= 0.6 is 0 Å². The molecule has 1 aliphatic heterocycles. The summed E-state index contributed by atoms with van der Waals surface area (Å²) in [4.78, 5) is 38.7. The summed E-state index contributed by atoms with van der Waals surface area (Å²) in [5.41, 5.74) is 2.02. The zero-order valence-electron chi connectivity index (χ0n) is 24.9. The van der Waals surface area contributed by atoms with Crippen molar-refractivity contribution in [2.45, 2.75) is 63.7 Å². The minimum absolute atomic E-state index is 0.105. The molecule has 234 valence electrons. The number of alkyl carbamates (subject to hydrolysis) is 2. The van der Waals surface area contributed by atoms with Gasteiger partial charge in [-0.1, -0.05) is 78.9 Å². The first-order valence-corrected chi connectivity index (χ1v) is 14.4. The molecule has 4 rings (SSSR count). The molecule has 0 aliphatic carbocycles.